The fourth-order valence-electron chi connectivity index (χ4n) is 2.61. The number of aromatic nitrogens is 6. The summed E-state index contributed by atoms with van der Waals surface area (Å²) in [5.74, 6) is 1.28. The van der Waals surface area contributed by atoms with E-state index in [0.29, 0.717) is 23.9 Å². The summed E-state index contributed by atoms with van der Waals surface area (Å²) in [4.78, 5) is 12.3. The van der Waals surface area contributed by atoms with Gasteiger partial charge in [0.05, 0.1) is 13.1 Å². The van der Waals surface area contributed by atoms with Crippen LogP contribution in [-0.2, 0) is 13.1 Å². The van der Waals surface area contributed by atoms with Crippen molar-refractivity contribution in [2.45, 2.75) is 20.0 Å². The molecule has 0 fully saturated rings. The first-order chi connectivity index (χ1) is 13.7. The maximum Gasteiger partial charge on any atom is 0.251 e. The summed E-state index contributed by atoms with van der Waals surface area (Å²) in [6.45, 7) is 2.54. The van der Waals surface area contributed by atoms with Gasteiger partial charge in [-0.1, -0.05) is 30.3 Å². The zero-order valence-electron chi connectivity index (χ0n) is 15.1. The molecule has 9 nitrogen and oxygen atoms in total. The third kappa shape index (κ3) is 3.93. The first-order valence-electron chi connectivity index (χ1n) is 8.67. The molecular formula is C19H17N7O2. The molecular weight excluding hydrogens is 358 g/mol. The van der Waals surface area contributed by atoms with Crippen molar-refractivity contribution >= 4 is 5.91 Å². The topological polar surface area (TPSA) is 112 Å². The van der Waals surface area contributed by atoms with Gasteiger partial charge < -0.3 is 9.73 Å². The van der Waals surface area contributed by atoms with Crippen LogP contribution in [0.1, 0.15) is 27.6 Å². The first-order valence-corrected chi connectivity index (χ1v) is 8.67. The van der Waals surface area contributed by atoms with Gasteiger partial charge in [0.15, 0.2) is 0 Å². The standard InChI is InChI=1S/C19H17N7O2/c1-13-21-24-25-26(13)12-14-7-9-15(10-8-14)18(27)20-11-17-22-23-19(28-17)16-5-3-2-4-6-16/h2-10H,11-12H2,1H3,(H,20,27). The van der Waals surface area contributed by atoms with Crippen molar-refractivity contribution in [3.05, 3.63) is 77.4 Å². The second kappa shape index (κ2) is 7.78. The maximum absolute atomic E-state index is 12.3. The zero-order valence-corrected chi connectivity index (χ0v) is 15.1. The summed E-state index contributed by atoms with van der Waals surface area (Å²) in [5.41, 5.74) is 2.37. The lowest BCUT2D eigenvalue weighted by molar-refractivity contribution is 0.0947. The molecule has 0 spiro atoms. The number of rotatable bonds is 6. The van der Waals surface area contributed by atoms with E-state index in [1.54, 1.807) is 16.8 Å². The molecule has 0 aliphatic rings. The number of amides is 1. The summed E-state index contributed by atoms with van der Waals surface area (Å²) in [6, 6.07) is 16.7. The Morgan fingerprint density at radius 2 is 1.82 bits per heavy atom. The number of aryl methyl sites for hydroxylation is 1. The van der Waals surface area contributed by atoms with Crippen molar-refractivity contribution in [1.29, 1.82) is 0 Å². The third-order valence-electron chi connectivity index (χ3n) is 4.15. The van der Waals surface area contributed by atoms with E-state index < -0.39 is 0 Å². The second-order valence-corrected chi connectivity index (χ2v) is 6.13. The quantitative estimate of drug-likeness (QED) is 0.548. The monoisotopic (exact) mass is 375 g/mol. The first kappa shape index (κ1) is 17.5. The molecule has 9 heteroatoms. The van der Waals surface area contributed by atoms with Gasteiger partial charge in [-0.3, -0.25) is 4.79 Å². The minimum absolute atomic E-state index is 0.157. The van der Waals surface area contributed by atoms with E-state index in [1.807, 2.05) is 49.4 Å². The Hall–Kier alpha value is -3.88. The molecule has 0 unspecified atom stereocenters. The normalized spacial score (nSPS) is 10.8. The number of nitrogens with zero attached hydrogens (tertiary/aromatic N) is 6. The summed E-state index contributed by atoms with van der Waals surface area (Å²) in [7, 11) is 0. The molecule has 28 heavy (non-hydrogen) atoms. The highest BCUT2D eigenvalue weighted by Crippen LogP contribution is 2.16. The van der Waals surface area contributed by atoms with Crippen LogP contribution in [0.3, 0.4) is 0 Å². The molecule has 0 saturated heterocycles. The van der Waals surface area contributed by atoms with Crippen LogP contribution in [0.4, 0.5) is 0 Å². The Morgan fingerprint density at radius 3 is 2.54 bits per heavy atom. The summed E-state index contributed by atoms with van der Waals surface area (Å²) in [6.07, 6.45) is 0. The molecule has 1 N–H and O–H groups in total. The highest BCUT2D eigenvalue weighted by molar-refractivity contribution is 5.94. The van der Waals surface area contributed by atoms with Crippen LogP contribution >= 0.6 is 0 Å². The number of carbonyl (C=O) groups excluding carboxylic acids is 1. The molecule has 0 bridgehead atoms. The average molecular weight is 375 g/mol. The summed E-state index contributed by atoms with van der Waals surface area (Å²) < 4.78 is 7.28. The number of hydrogen-bond acceptors (Lipinski definition) is 7. The lowest BCUT2D eigenvalue weighted by Crippen LogP contribution is -2.23. The van der Waals surface area contributed by atoms with Crippen LogP contribution < -0.4 is 5.32 Å². The molecule has 1 amide bonds. The predicted molar refractivity (Wildman–Crippen MR) is 99.0 cm³/mol. The fraction of sp³-hybridized carbons (Fsp3) is 0.158. The van der Waals surface area contributed by atoms with E-state index >= 15 is 0 Å². The molecule has 2 aromatic heterocycles. The molecule has 0 radical (unpaired) electrons. The van der Waals surface area contributed by atoms with E-state index in [9.17, 15) is 4.79 Å². The highest BCUT2D eigenvalue weighted by Gasteiger charge is 2.11. The van der Waals surface area contributed by atoms with Gasteiger partial charge in [-0.2, -0.15) is 0 Å². The summed E-state index contributed by atoms with van der Waals surface area (Å²) >= 11 is 0. The van der Waals surface area contributed by atoms with Crippen LogP contribution in [0.25, 0.3) is 11.5 Å². The Balaban J connectivity index is 1.35. The Bertz CT molecular complexity index is 1070. The van der Waals surface area contributed by atoms with E-state index in [4.69, 9.17) is 4.42 Å². The van der Waals surface area contributed by atoms with Gasteiger partial charge in [-0.05, 0) is 47.2 Å². The van der Waals surface area contributed by atoms with Crippen molar-refractivity contribution in [3.8, 4) is 11.5 Å². The molecule has 0 atom stereocenters. The summed E-state index contributed by atoms with van der Waals surface area (Å²) in [5, 5.41) is 22.1. The lowest BCUT2D eigenvalue weighted by atomic mass is 10.1. The third-order valence-corrected chi connectivity index (χ3v) is 4.15. The second-order valence-electron chi connectivity index (χ2n) is 6.13. The van der Waals surface area contributed by atoms with Crippen LogP contribution in [-0.4, -0.2) is 36.3 Å². The zero-order chi connectivity index (χ0) is 19.3. The van der Waals surface area contributed by atoms with E-state index in [1.165, 1.54) is 0 Å². The number of carbonyl (C=O) groups is 1. The lowest BCUT2D eigenvalue weighted by Gasteiger charge is -2.05. The van der Waals surface area contributed by atoms with Gasteiger partial charge in [0.2, 0.25) is 11.8 Å². The number of tetrazole rings is 1. The van der Waals surface area contributed by atoms with Gasteiger partial charge >= 0.3 is 0 Å². The van der Waals surface area contributed by atoms with E-state index in [-0.39, 0.29) is 12.5 Å². The van der Waals surface area contributed by atoms with Gasteiger partial charge in [0.1, 0.15) is 5.82 Å². The van der Waals surface area contributed by atoms with Crippen LogP contribution in [0, 0.1) is 6.92 Å². The van der Waals surface area contributed by atoms with E-state index in [0.717, 1.165) is 17.0 Å². The van der Waals surface area contributed by atoms with Gasteiger partial charge in [-0.15, -0.1) is 15.3 Å². The van der Waals surface area contributed by atoms with E-state index in [2.05, 4.69) is 31.0 Å². The highest BCUT2D eigenvalue weighted by atomic mass is 16.4. The van der Waals surface area contributed by atoms with Gasteiger partial charge in [-0.25, -0.2) is 4.68 Å². The Labute approximate surface area is 160 Å². The van der Waals surface area contributed by atoms with Crippen molar-refractivity contribution in [1.82, 2.24) is 35.7 Å². The molecule has 4 rings (SSSR count). The molecule has 2 heterocycles. The van der Waals surface area contributed by atoms with Crippen LogP contribution in [0.2, 0.25) is 0 Å². The average Bonchev–Trinajstić information content (AvgIpc) is 3.37. The fourth-order valence-corrected chi connectivity index (χ4v) is 2.61. The van der Waals surface area contributed by atoms with Crippen molar-refractivity contribution in [2.24, 2.45) is 0 Å². The molecule has 0 aliphatic heterocycles. The van der Waals surface area contributed by atoms with Crippen LogP contribution in [0.5, 0.6) is 0 Å². The number of benzene rings is 2. The molecule has 4 aromatic rings. The minimum atomic E-state index is -0.218. The van der Waals surface area contributed by atoms with Crippen molar-refractivity contribution in [2.75, 3.05) is 0 Å². The van der Waals surface area contributed by atoms with Crippen molar-refractivity contribution in [3.63, 3.8) is 0 Å². The molecule has 0 aliphatic carbocycles. The minimum Gasteiger partial charge on any atom is -0.419 e. The molecule has 2 aromatic carbocycles. The van der Waals surface area contributed by atoms with Gasteiger partial charge in [0, 0.05) is 11.1 Å². The number of hydrogen-bond donors (Lipinski definition) is 1. The predicted octanol–water partition coefficient (Wildman–Crippen LogP) is 2.01. The number of nitrogens with one attached hydrogen (secondary N) is 1. The van der Waals surface area contributed by atoms with Crippen molar-refractivity contribution < 1.29 is 9.21 Å². The van der Waals surface area contributed by atoms with Gasteiger partial charge in [0.25, 0.3) is 5.91 Å². The SMILES string of the molecule is Cc1nnnn1Cc1ccc(C(=O)NCc2nnc(-c3ccccc3)o2)cc1. The van der Waals surface area contributed by atoms with Crippen LogP contribution in [0.15, 0.2) is 59.0 Å². The largest absolute Gasteiger partial charge is 0.419 e. The molecule has 0 saturated carbocycles. The Morgan fingerprint density at radius 1 is 1.04 bits per heavy atom. The molecule has 140 valence electrons. The maximum atomic E-state index is 12.3. The Kier molecular flexibility index (Phi) is 4.87. The smallest absolute Gasteiger partial charge is 0.251 e.